The van der Waals surface area contributed by atoms with Crippen LogP contribution < -0.4 is 5.32 Å². The highest BCUT2D eigenvalue weighted by atomic mass is 32.2. The molecule has 7 heteroatoms. The molecule has 2 unspecified atom stereocenters. The molecule has 6 nitrogen and oxygen atoms in total. The van der Waals surface area contributed by atoms with E-state index in [1.165, 1.54) is 17.1 Å². The average Bonchev–Trinajstić information content (AvgIpc) is 2.96. The summed E-state index contributed by atoms with van der Waals surface area (Å²) in [6.45, 7) is 0.903. The predicted molar refractivity (Wildman–Crippen MR) is 80.3 cm³/mol. The van der Waals surface area contributed by atoms with Gasteiger partial charge in [0.1, 0.15) is 0 Å². The van der Waals surface area contributed by atoms with Crippen molar-refractivity contribution in [2.24, 2.45) is 0 Å². The van der Waals surface area contributed by atoms with Gasteiger partial charge in [-0.2, -0.15) is 0 Å². The van der Waals surface area contributed by atoms with E-state index in [-0.39, 0.29) is 11.7 Å². The van der Waals surface area contributed by atoms with Crippen LogP contribution in [0.5, 0.6) is 0 Å². The van der Waals surface area contributed by atoms with E-state index >= 15 is 0 Å². The lowest BCUT2D eigenvalue weighted by Crippen LogP contribution is -2.49. The van der Waals surface area contributed by atoms with Crippen molar-refractivity contribution in [1.82, 2.24) is 14.5 Å². The van der Waals surface area contributed by atoms with Gasteiger partial charge in [-0.1, -0.05) is 0 Å². The molecule has 2 atom stereocenters. The van der Waals surface area contributed by atoms with Gasteiger partial charge >= 0.3 is 0 Å². The lowest BCUT2D eigenvalue weighted by atomic mass is 9.98. The Kier molecular flexibility index (Phi) is 4.25. The minimum absolute atomic E-state index is 0.0726. The van der Waals surface area contributed by atoms with Crippen LogP contribution in [-0.4, -0.2) is 67.5 Å². The van der Waals surface area contributed by atoms with Gasteiger partial charge in [0.25, 0.3) is 0 Å². The molecular formula is C14H25N3O3S. The summed E-state index contributed by atoms with van der Waals surface area (Å²) in [5.74, 6) is 0.303. The van der Waals surface area contributed by atoms with Gasteiger partial charge in [0.2, 0.25) is 15.9 Å². The van der Waals surface area contributed by atoms with Crippen LogP contribution in [0.2, 0.25) is 0 Å². The molecule has 0 saturated carbocycles. The normalized spacial score (nSPS) is 35.0. The van der Waals surface area contributed by atoms with Gasteiger partial charge in [-0.05, 0) is 32.1 Å². The summed E-state index contributed by atoms with van der Waals surface area (Å²) >= 11 is 0. The first kappa shape index (κ1) is 15.2. The molecule has 0 aliphatic carbocycles. The fourth-order valence-electron chi connectivity index (χ4n) is 3.89. The van der Waals surface area contributed by atoms with Crippen molar-refractivity contribution in [3.8, 4) is 0 Å². The van der Waals surface area contributed by atoms with E-state index in [2.05, 4.69) is 5.32 Å². The van der Waals surface area contributed by atoms with Gasteiger partial charge in [0.15, 0.2) is 0 Å². The van der Waals surface area contributed by atoms with E-state index in [4.69, 9.17) is 0 Å². The summed E-state index contributed by atoms with van der Waals surface area (Å²) in [7, 11) is -1.22. The number of carbonyl (C=O) groups excluding carboxylic acids is 1. The zero-order chi connectivity index (χ0) is 15.0. The van der Waals surface area contributed by atoms with E-state index in [1.807, 2.05) is 11.9 Å². The zero-order valence-corrected chi connectivity index (χ0v) is 13.4. The quantitative estimate of drug-likeness (QED) is 0.802. The molecule has 1 N–H and O–H groups in total. The minimum Gasteiger partial charge on any atom is -0.343 e. The number of piperidine rings is 1. The molecular weight excluding hydrogens is 290 g/mol. The van der Waals surface area contributed by atoms with E-state index in [0.29, 0.717) is 44.1 Å². The van der Waals surface area contributed by atoms with Crippen molar-refractivity contribution in [2.45, 2.75) is 56.7 Å². The zero-order valence-electron chi connectivity index (χ0n) is 12.6. The first-order valence-corrected chi connectivity index (χ1v) is 9.56. The van der Waals surface area contributed by atoms with Gasteiger partial charge in [0.05, 0.1) is 5.75 Å². The van der Waals surface area contributed by atoms with Crippen molar-refractivity contribution in [3.05, 3.63) is 0 Å². The summed E-state index contributed by atoms with van der Waals surface area (Å²) in [5, 5.41) is 3.58. The molecule has 3 aliphatic rings. The first-order chi connectivity index (χ1) is 9.95. The summed E-state index contributed by atoms with van der Waals surface area (Å²) < 4.78 is 24.9. The minimum atomic E-state index is -3.09. The molecule has 3 saturated heterocycles. The molecule has 0 aromatic carbocycles. The third-order valence-electron chi connectivity index (χ3n) is 5.17. The Bertz CT molecular complexity index is 496. The van der Waals surface area contributed by atoms with E-state index < -0.39 is 10.0 Å². The van der Waals surface area contributed by atoms with E-state index in [0.717, 1.165) is 12.8 Å². The number of sulfonamides is 1. The fraction of sp³-hybridized carbons (Fsp3) is 0.929. The molecule has 2 bridgehead atoms. The molecule has 3 aliphatic heterocycles. The Balaban J connectivity index is 1.51. The number of fused-ring (bicyclic) bond motifs is 2. The maximum Gasteiger partial charge on any atom is 0.223 e. The first-order valence-electron chi connectivity index (χ1n) is 7.95. The Morgan fingerprint density at radius 3 is 2.52 bits per heavy atom. The summed E-state index contributed by atoms with van der Waals surface area (Å²) in [6.07, 6.45) is 5.48. The third kappa shape index (κ3) is 3.24. The average molecular weight is 315 g/mol. The van der Waals surface area contributed by atoms with Crippen LogP contribution in [0.4, 0.5) is 0 Å². The van der Waals surface area contributed by atoms with Crippen LogP contribution in [0.15, 0.2) is 0 Å². The van der Waals surface area contributed by atoms with Gasteiger partial charge < -0.3 is 10.2 Å². The topological polar surface area (TPSA) is 69.7 Å². The second kappa shape index (κ2) is 5.85. The Hall–Kier alpha value is -0.660. The molecule has 120 valence electrons. The monoisotopic (exact) mass is 315 g/mol. The third-order valence-corrected chi connectivity index (χ3v) is 7.12. The van der Waals surface area contributed by atoms with Crippen molar-refractivity contribution in [3.63, 3.8) is 0 Å². The smallest absolute Gasteiger partial charge is 0.223 e. The van der Waals surface area contributed by atoms with Crippen molar-refractivity contribution >= 4 is 15.9 Å². The van der Waals surface area contributed by atoms with Crippen LogP contribution in [0.1, 0.15) is 38.5 Å². The molecule has 3 fully saturated rings. The van der Waals surface area contributed by atoms with E-state index in [9.17, 15) is 13.2 Å². The number of amides is 1. The van der Waals surface area contributed by atoms with Gasteiger partial charge in [-0.25, -0.2) is 12.7 Å². The van der Waals surface area contributed by atoms with Crippen LogP contribution in [0.25, 0.3) is 0 Å². The number of nitrogens with zero attached hydrogens (tertiary/aromatic N) is 2. The number of carbonyl (C=O) groups is 1. The summed E-state index contributed by atoms with van der Waals surface area (Å²) in [4.78, 5) is 14.2. The van der Waals surface area contributed by atoms with Gasteiger partial charge in [-0.3, -0.25) is 4.79 Å². The molecule has 0 aromatic rings. The molecule has 1 amide bonds. The van der Waals surface area contributed by atoms with Crippen LogP contribution >= 0.6 is 0 Å². The largest absolute Gasteiger partial charge is 0.343 e. The maximum absolute atomic E-state index is 12.3. The maximum atomic E-state index is 12.3. The lowest BCUT2D eigenvalue weighted by molar-refractivity contribution is -0.132. The second-order valence-corrected chi connectivity index (χ2v) is 8.67. The fourth-order valence-corrected chi connectivity index (χ4v) is 5.41. The Labute approximate surface area is 126 Å². The lowest BCUT2D eigenvalue weighted by Gasteiger charge is -2.35. The SMILES string of the molecule is CN(C(=O)CCN1CCCS1(=O)=O)C1CC2CCC(C1)N2. The molecule has 0 aromatic heterocycles. The van der Waals surface area contributed by atoms with Crippen LogP contribution in [-0.2, 0) is 14.8 Å². The number of hydrogen-bond acceptors (Lipinski definition) is 4. The van der Waals surface area contributed by atoms with Crippen LogP contribution in [0.3, 0.4) is 0 Å². The van der Waals surface area contributed by atoms with Crippen molar-refractivity contribution in [1.29, 1.82) is 0 Å². The highest BCUT2D eigenvalue weighted by Gasteiger charge is 2.36. The summed E-state index contributed by atoms with van der Waals surface area (Å²) in [6, 6.07) is 1.43. The number of hydrogen-bond donors (Lipinski definition) is 1. The van der Waals surface area contributed by atoms with Crippen molar-refractivity contribution < 1.29 is 13.2 Å². The molecule has 3 rings (SSSR count). The van der Waals surface area contributed by atoms with E-state index in [1.54, 1.807) is 0 Å². The Morgan fingerprint density at radius 1 is 1.29 bits per heavy atom. The van der Waals surface area contributed by atoms with Gasteiger partial charge in [-0.15, -0.1) is 0 Å². The standard InChI is InChI=1S/C14H25N3O3S/c1-16(13-9-11-3-4-12(10-13)15-11)14(18)5-7-17-6-2-8-21(17,19)20/h11-13,15H,2-10H2,1H3. The van der Waals surface area contributed by atoms with Crippen molar-refractivity contribution in [2.75, 3.05) is 25.9 Å². The summed E-state index contributed by atoms with van der Waals surface area (Å²) in [5.41, 5.74) is 0. The highest BCUT2D eigenvalue weighted by Crippen LogP contribution is 2.29. The molecule has 0 radical (unpaired) electrons. The second-order valence-electron chi connectivity index (χ2n) is 6.59. The van der Waals surface area contributed by atoms with Gasteiger partial charge in [0, 0.05) is 44.7 Å². The Morgan fingerprint density at radius 2 is 1.95 bits per heavy atom. The molecule has 0 spiro atoms. The number of rotatable bonds is 4. The highest BCUT2D eigenvalue weighted by molar-refractivity contribution is 7.89. The number of nitrogens with one attached hydrogen (secondary N) is 1. The van der Waals surface area contributed by atoms with Crippen LogP contribution in [0, 0.1) is 0 Å². The molecule has 21 heavy (non-hydrogen) atoms. The molecule has 3 heterocycles. The predicted octanol–water partition coefficient (Wildman–Crippen LogP) is 0.153.